The summed E-state index contributed by atoms with van der Waals surface area (Å²) in [5.74, 6) is -3.19. The minimum atomic E-state index is -1.55. The van der Waals surface area contributed by atoms with E-state index in [1.807, 2.05) is 12.1 Å². The number of carboxylic acid groups (broad SMARTS) is 1. The van der Waals surface area contributed by atoms with Gasteiger partial charge in [0.25, 0.3) is 0 Å². The van der Waals surface area contributed by atoms with Gasteiger partial charge in [0.05, 0.1) is 5.69 Å². The average molecular weight is 290 g/mol. The van der Waals surface area contributed by atoms with Gasteiger partial charge in [0.15, 0.2) is 5.01 Å². The Morgan fingerprint density at radius 2 is 2.05 bits per heavy atom. The predicted octanol–water partition coefficient (Wildman–Crippen LogP) is 1.84. The Kier molecular flexibility index (Phi) is 4.21. The second-order valence-electron chi connectivity index (χ2n) is 3.84. The van der Waals surface area contributed by atoms with Crippen molar-refractivity contribution >= 4 is 23.1 Å². The SMILES string of the molecule is O=C(O)C(O)=CC(=O)c1nc(Cc2ccccn2)cs1. The van der Waals surface area contributed by atoms with E-state index in [4.69, 9.17) is 10.2 Å². The van der Waals surface area contributed by atoms with Crippen molar-refractivity contribution in [2.75, 3.05) is 0 Å². The molecular formula is C13H10N2O4S. The molecule has 2 aromatic rings. The Morgan fingerprint density at radius 3 is 2.70 bits per heavy atom. The van der Waals surface area contributed by atoms with Crippen LogP contribution in [0.3, 0.4) is 0 Å². The third-order valence-electron chi connectivity index (χ3n) is 2.34. The molecule has 6 nitrogen and oxygen atoms in total. The summed E-state index contributed by atoms with van der Waals surface area (Å²) in [6, 6.07) is 5.50. The van der Waals surface area contributed by atoms with Crippen LogP contribution >= 0.6 is 11.3 Å². The molecule has 20 heavy (non-hydrogen) atoms. The van der Waals surface area contributed by atoms with Gasteiger partial charge in [-0.3, -0.25) is 9.78 Å². The van der Waals surface area contributed by atoms with Crippen molar-refractivity contribution in [3.8, 4) is 0 Å². The fourth-order valence-electron chi connectivity index (χ4n) is 1.44. The standard InChI is InChI=1S/C13H10N2O4S/c16-10(6-11(17)13(18)19)12-15-9(7-20-12)5-8-3-1-2-4-14-8/h1-4,6-7,17H,5H2,(H,18,19). The number of allylic oxidation sites excluding steroid dienone is 1. The van der Waals surface area contributed by atoms with Gasteiger partial charge < -0.3 is 10.2 Å². The van der Waals surface area contributed by atoms with Gasteiger partial charge in [-0.2, -0.15) is 0 Å². The minimum absolute atomic E-state index is 0.128. The molecule has 0 saturated heterocycles. The van der Waals surface area contributed by atoms with Crippen LogP contribution in [-0.2, 0) is 11.2 Å². The topological polar surface area (TPSA) is 100 Å². The van der Waals surface area contributed by atoms with Gasteiger partial charge in [0.1, 0.15) is 0 Å². The molecule has 0 unspecified atom stereocenters. The molecule has 102 valence electrons. The molecule has 0 spiro atoms. The van der Waals surface area contributed by atoms with Crippen molar-refractivity contribution in [1.29, 1.82) is 0 Å². The fraction of sp³-hybridized carbons (Fsp3) is 0.0769. The number of ketones is 1. The maximum Gasteiger partial charge on any atom is 0.371 e. The van der Waals surface area contributed by atoms with Crippen LogP contribution in [-0.4, -0.2) is 31.9 Å². The molecular weight excluding hydrogens is 280 g/mol. The van der Waals surface area contributed by atoms with Crippen molar-refractivity contribution in [2.45, 2.75) is 6.42 Å². The molecule has 0 radical (unpaired) electrons. The summed E-state index contributed by atoms with van der Waals surface area (Å²) in [6.45, 7) is 0. The molecule has 0 aliphatic carbocycles. The first-order valence-electron chi connectivity index (χ1n) is 5.59. The van der Waals surface area contributed by atoms with Gasteiger partial charge in [-0.05, 0) is 12.1 Å². The van der Waals surface area contributed by atoms with Crippen LogP contribution in [0.15, 0.2) is 41.6 Å². The Bertz CT molecular complexity index is 664. The zero-order valence-corrected chi connectivity index (χ0v) is 11.0. The number of pyridine rings is 1. The first-order chi connectivity index (χ1) is 9.56. The van der Waals surface area contributed by atoms with Crippen LogP contribution in [0.2, 0.25) is 0 Å². The molecule has 2 rings (SSSR count). The number of aliphatic carboxylic acids is 1. The highest BCUT2D eigenvalue weighted by Crippen LogP contribution is 2.14. The zero-order chi connectivity index (χ0) is 14.5. The highest BCUT2D eigenvalue weighted by Gasteiger charge is 2.13. The summed E-state index contributed by atoms with van der Waals surface area (Å²) in [6.07, 6.45) is 2.80. The van der Waals surface area contributed by atoms with E-state index in [9.17, 15) is 9.59 Å². The number of aliphatic hydroxyl groups excluding tert-OH is 1. The average Bonchev–Trinajstić information content (AvgIpc) is 2.88. The third-order valence-corrected chi connectivity index (χ3v) is 3.24. The Morgan fingerprint density at radius 1 is 1.25 bits per heavy atom. The summed E-state index contributed by atoms with van der Waals surface area (Å²) in [7, 11) is 0. The van der Waals surface area contributed by atoms with Gasteiger partial charge in [-0.25, -0.2) is 9.78 Å². The van der Waals surface area contributed by atoms with Crippen LogP contribution in [0.4, 0.5) is 0 Å². The number of carbonyl (C=O) groups excluding carboxylic acids is 1. The van der Waals surface area contributed by atoms with Crippen molar-refractivity contribution in [3.63, 3.8) is 0 Å². The van der Waals surface area contributed by atoms with Crippen molar-refractivity contribution in [3.05, 3.63) is 58.0 Å². The quantitative estimate of drug-likeness (QED) is 0.495. The van der Waals surface area contributed by atoms with Gasteiger partial charge in [-0.1, -0.05) is 6.07 Å². The summed E-state index contributed by atoms with van der Waals surface area (Å²) in [5, 5.41) is 19.3. The Hall–Kier alpha value is -2.54. The molecule has 0 saturated carbocycles. The number of aliphatic hydroxyl groups is 1. The molecule has 2 heterocycles. The number of carbonyl (C=O) groups is 2. The Labute approximate surface area is 118 Å². The van der Waals surface area contributed by atoms with E-state index in [0.717, 1.165) is 17.0 Å². The molecule has 0 aromatic carbocycles. The number of hydrogen-bond acceptors (Lipinski definition) is 6. The molecule has 0 aliphatic heterocycles. The number of aromatic nitrogens is 2. The second kappa shape index (κ2) is 6.07. The lowest BCUT2D eigenvalue weighted by molar-refractivity contribution is -0.135. The second-order valence-corrected chi connectivity index (χ2v) is 4.70. The van der Waals surface area contributed by atoms with E-state index in [-0.39, 0.29) is 5.01 Å². The summed E-state index contributed by atoms with van der Waals surface area (Å²) in [5.41, 5.74) is 1.49. The maximum atomic E-state index is 11.7. The summed E-state index contributed by atoms with van der Waals surface area (Å²) < 4.78 is 0. The van der Waals surface area contributed by atoms with Gasteiger partial charge in [-0.15, -0.1) is 11.3 Å². The first kappa shape index (κ1) is 13.9. The molecule has 0 bridgehead atoms. The summed E-state index contributed by atoms with van der Waals surface area (Å²) >= 11 is 1.09. The first-order valence-corrected chi connectivity index (χ1v) is 6.47. The van der Waals surface area contributed by atoms with E-state index < -0.39 is 17.5 Å². The minimum Gasteiger partial charge on any atom is -0.502 e. The van der Waals surface area contributed by atoms with Crippen LogP contribution in [0, 0.1) is 0 Å². The van der Waals surface area contributed by atoms with Gasteiger partial charge in [0.2, 0.25) is 11.5 Å². The summed E-state index contributed by atoms with van der Waals surface area (Å²) in [4.78, 5) is 30.3. The number of hydrogen-bond donors (Lipinski definition) is 2. The van der Waals surface area contributed by atoms with E-state index >= 15 is 0 Å². The van der Waals surface area contributed by atoms with E-state index in [2.05, 4.69) is 9.97 Å². The monoisotopic (exact) mass is 290 g/mol. The van der Waals surface area contributed by atoms with Crippen LogP contribution < -0.4 is 0 Å². The molecule has 2 N–H and O–H groups in total. The lowest BCUT2D eigenvalue weighted by Gasteiger charge is -1.95. The normalized spacial score (nSPS) is 11.3. The largest absolute Gasteiger partial charge is 0.502 e. The van der Waals surface area contributed by atoms with Crippen LogP contribution in [0.5, 0.6) is 0 Å². The van der Waals surface area contributed by atoms with Gasteiger partial charge >= 0.3 is 5.97 Å². The number of carboxylic acids is 1. The smallest absolute Gasteiger partial charge is 0.371 e. The van der Waals surface area contributed by atoms with Crippen molar-refractivity contribution < 1.29 is 19.8 Å². The molecule has 7 heteroatoms. The fourth-order valence-corrected chi connectivity index (χ4v) is 2.17. The Balaban J connectivity index is 2.11. The molecule has 0 aliphatic rings. The molecule has 2 aromatic heterocycles. The van der Waals surface area contributed by atoms with E-state index in [1.54, 1.807) is 17.6 Å². The highest BCUT2D eigenvalue weighted by molar-refractivity contribution is 7.11. The van der Waals surface area contributed by atoms with E-state index in [0.29, 0.717) is 18.2 Å². The lowest BCUT2D eigenvalue weighted by atomic mass is 10.2. The van der Waals surface area contributed by atoms with Gasteiger partial charge in [0, 0.05) is 29.8 Å². The van der Waals surface area contributed by atoms with E-state index in [1.165, 1.54) is 0 Å². The van der Waals surface area contributed by atoms with Crippen LogP contribution in [0.1, 0.15) is 21.2 Å². The van der Waals surface area contributed by atoms with Crippen molar-refractivity contribution in [1.82, 2.24) is 9.97 Å². The van der Waals surface area contributed by atoms with Crippen molar-refractivity contribution in [2.24, 2.45) is 0 Å². The number of rotatable bonds is 5. The number of nitrogens with zero attached hydrogens (tertiary/aromatic N) is 2. The predicted molar refractivity (Wildman–Crippen MR) is 71.8 cm³/mol. The molecule has 0 amide bonds. The lowest BCUT2D eigenvalue weighted by Crippen LogP contribution is -2.04. The van der Waals surface area contributed by atoms with Crippen LogP contribution in [0.25, 0.3) is 0 Å². The zero-order valence-electron chi connectivity index (χ0n) is 10.2. The maximum absolute atomic E-state index is 11.7. The highest BCUT2D eigenvalue weighted by atomic mass is 32.1. The third kappa shape index (κ3) is 3.48. The molecule has 0 atom stereocenters. The molecule has 0 fully saturated rings. The number of thiazole rings is 1.